The van der Waals surface area contributed by atoms with Crippen LogP contribution in [0.2, 0.25) is 0 Å². The molecule has 0 aromatic heterocycles. The van der Waals surface area contributed by atoms with Gasteiger partial charge in [-0.05, 0) is 31.7 Å². The lowest BCUT2D eigenvalue weighted by Crippen LogP contribution is -2.46. The molecule has 1 N–H and O–H groups in total. The SMILES string of the molecule is CNCCC(=O)N1CC(C)OC(c2ccc(F)cc2)C1.Cl. The van der Waals surface area contributed by atoms with Crippen LogP contribution in [0.25, 0.3) is 0 Å². The van der Waals surface area contributed by atoms with Crippen molar-refractivity contribution in [3.05, 3.63) is 35.6 Å². The Morgan fingerprint density at radius 3 is 2.67 bits per heavy atom. The molecule has 4 nitrogen and oxygen atoms in total. The molecule has 1 fully saturated rings. The third kappa shape index (κ3) is 4.95. The van der Waals surface area contributed by atoms with Gasteiger partial charge in [-0.15, -0.1) is 12.4 Å². The van der Waals surface area contributed by atoms with Gasteiger partial charge in [0.2, 0.25) is 5.91 Å². The number of nitrogens with one attached hydrogen (secondary N) is 1. The second-order valence-electron chi connectivity index (χ2n) is 5.14. The zero-order chi connectivity index (χ0) is 14.5. The van der Waals surface area contributed by atoms with Crippen LogP contribution in [0.4, 0.5) is 4.39 Å². The molecule has 0 bridgehead atoms. The first-order valence-corrected chi connectivity index (χ1v) is 6.93. The van der Waals surface area contributed by atoms with Crippen LogP contribution in [-0.2, 0) is 9.53 Å². The zero-order valence-electron chi connectivity index (χ0n) is 12.3. The molecule has 0 saturated carbocycles. The van der Waals surface area contributed by atoms with Crippen molar-refractivity contribution >= 4 is 18.3 Å². The van der Waals surface area contributed by atoms with E-state index < -0.39 is 0 Å². The number of rotatable bonds is 4. The summed E-state index contributed by atoms with van der Waals surface area (Å²) in [5, 5.41) is 2.98. The number of halogens is 2. The van der Waals surface area contributed by atoms with Crippen LogP contribution in [0, 0.1) is 5.82 Å². The van der Waals surface area contributed by atoms with Crippen molar-refractivity contribution in [1.82, 2.24) is 10.2 Å². The van der Waals surface area contributed by atoms with Crippen molar-refractivity contribution < 1.29 is 13.9 Å². The number of amides is 1. The molecule has 2 rings (SSSR count). The van der Waals surface area contributed by atoms with E-state index in [0.717, 1.165) is 5.56 Å². The minimum absolute atomic E-state index is 0. The van der Waals surface area contributed by atoms with Gasteiger partial charge in [-0.25, -0.2) is 4.39 Å². The second-order valence-corrected chi connectivity index (χ2v) is 5.14. The van der Waals surface area contributed by atoms with Gasteiger partial charge in [0.15, 0.2) is 0 Å². The van der Waals surface area contributed by atoms with Crippen LogP contribution >= 0.6 is 12.4 Å². The van der Waals surface area contributed by atoms with Gasteiger partial charge in [0.25, 0.3) is 0 Å². The molecule has 1 aromatic carbocycles. The Balaban J connectivity index is 0.00000220. The molecule has 2 unspecified atom stereocenters. The van der Waals surface area contributed by atoms with E-state index in [-0.39, 0.29) is 36.3 Å². The van der Waals surface area contributed by atoms with Gasteiger partial charge in [0.1, 0.15) is 11.9 Å². The monoisotopic (exact) mass is 316 g/mol. The lowest BCUT2D eigenvalue weighted by atomic mass is 10.1. The summed E-state index contributed by atoms with van der Waals surface area (Å²) in [4.78, 5) is 13.9. The summed E-state index contributed by atoms with van der Waals surface area (Å²) in [6, 6.07) is 6.28. The van der Waals surface area contributed by atoms with Gasteiger partial charge < -0.3 is 15.0 Å². The molecule has 1 aliphatic heterocycles. The Bertz CT molecular complexity index is 455. The highest BCUT2D eigenvalue weighted by atomic mass is 35.5. The molecule has 1 amide bonds. The van der Waals surface area contributed by atoms with Crippen LogP contribution in [0.5, 0.6) is 0 Å². The fourth-order valence-electron chi connectivity index (χ4n) is 2.41. The molecule has 2 atom stereocenters. The highest BCUT2D eigenvalue weighted by molar-refractivity contribution is 5.85. The number of ether oxygens (including phenoxy) is 1. The number of morpholine rings is 1. The molecule has 1 aliphatic rings. The fourth-order valence-corrected chi connectivity index (χ4v) is 2.41. The van der Waals surface area contributed by atoms with Crippen LogP contribution < -0.4 is 5.32 Å². The summed E-state index contributed by atoms with van der Waals surface area (Å²) in [6.07, 6.45) is 0.287. The molecule has 6 heteroatoms. The minimum atomic E-state index is -0.264. The standard InChI is InChI=1S/C15H21FN2O2.ClH/c1-11-9-18(15(19)7-8-17-2)10-14(20-11)12-3-5-13(16)6-4-12;/h3-6,11,14,17H,7-10H2,1-2H3;1H. The second kappa shape index (κ2) is 8.32. The number of benzene rings is 1. The first-order valence-electron chi connectivity index (χ1n) is 6.93. The average molecular weight is 317 g/mol. The first kappa shape index (κ1) is 17.9. The van der Waals surface area contributed by atoms with E-state index in [0.29, 0.717) is 26.1 Å². The topological polar surface area (TPSA) is 41.6 Å². The quantitative estimate of drug-likeness (QED) is 0.925. The van der Waals surface area contributed by atoms with Crippen molar-refractivity contribution in [3.8, 4) is 0 Å². The smallest absolute Gasteiger partial charge is 0.224 e. The van der Waals surface area contributed by atoms with Gasteiger partial charge in [0.05, 0.1) is 12.6 Å². The van der Waals surface area contributed by atoms with Crippen LogP contribution in [0.1, 0.15) is 25.0 Å². The molecule has 1 aromatic rings. The predicted molar refractivity (Wildman–Crippen MR) is 82.1 cm³/mol. The van der Waals surface area contributed by atoms with Crippen molar-refractivity contribution in [2.24, 2.45) is 0 Å². The van der Waals surface area contributed by atoms with E-state index in [4.69, 9.17) is 4.74 Å². The molecule has 1 heterocycles. The fraction of sp³-hybridized carbons (Fsp3) is 0.533. The Kier molecular flexibility index (Phi) is 7.08. The van der Waals surface area contributed by atoms with Gasteiger partial charge in [0, 0.05) is 19.5 Å². The highest BCUT2D eigenvalue weighted by Crippen LogP contribution is 2.25. The van der Waals surface area contributed by atoms with Crippen molar-refractivity contribution in [2.75, 3.05) is 26.7 Å². The normalized spacial score (nSPS) is 21.8. The third-order valence-corrected chi connectivity index (χ3v) is 3.44. The van der Waals surface area contributed by atoms with Gasteiger partial charge >= 0.3 is 0 Å². The molecule has 118 valence electrons. The molecule has 21 heavy (non-hydrogen) atoms. The number of hydrogen-bond acceptors (Lipinski definition) is 3. The van der Waals surface area contributed by atoms with E-state index in [1.165, 1.54) is 12.1 Å². The summed E-state index contributed by atoms with van der Waals surface area (Å²) in [5.41, 5.74) is 0.907. The maximum atomic E-state index is 13.0. The van der Waals surface area contributed by atoms with Gasteiger partial charge in [-0.3, -0.25) is 4.79 Å². The first-order chi connectivity index (χ1) is 9.60. The number of nitrogens with zero attached hydrogens (tertiary/aromatic N) is 1. The maximum absolute atomic E-state index is 13.0. The summed E-state index contributed by atoms with van der Waals surface area (Å²) in [5.74, 6) is -0.138. The molecular formula is C15H22ClFN2O2. The van der Waals surface area contributed by atoms with Gasteiger partial charge in [-0.2, -0.15) is 0 Å². The summed E-state index contributed by atoms with van der Waals surface area (Å²) >= 11 is 0. The molecule has 0 aliphatic carbocycles. The molecule has 0 radical (unpaired) electrons. The predicted octanol–water partition coefficient (Wildman–Crippen LogP) is 2.15. The van der Waals surface area contributed by atoms with Crippen LogP contribution in [0.15, 0.2) is 24.3 Å². The Morgan fingerprint density at radius 1 is 1.38 bits per heavy atom. The Hall–Kier alpha value is -1.17. The Labute approximate surface area is 131 Å². The van der Waals surface area contributed by atoms with E-state index in [2.05, 4.69) is 5.32 Å². The lowest BCUT2D eigenvalue weighted by molar-refractivity contribution is -0.144. The van der Waals surface area contributed by atoms with E-state index in [9.17, 15) is 9.18 Å². The van der Waals surface area contributed by atoms with Crippen molar-refractivity contribution in [3.63, 3.8) is 0 Å². The largest absolute Gasteiger partial charge is 0.367 e. The summed E-state index contributed by atoms with van der Waals surface area (Å²) < 4.78 is 18.8. The molecule has 0 spiro atoms. The summed E-state index contributed by atoms with van der Waals surface area (Å²) in [7, 11) is 1.83. The van der Waals surface area contributed by atoms with Crippen molar-refractivity contribution in [1.29, 1.82) is 0 Å². The average Bonchev–Trinajstić information content (AvgIpc) is 2.44. The minimum Gasteiger partial charge on any atom is -0.367 e. The maximum Gasteiger partial charge on any atom is 0.224 e. The third-order valence-electron chi connectivity index (χ3n) is 3.44. The van der Waals surface area contributed by atoms with Gasteiger partial charge in [-0.1, -0.05) is 12.1 Å². The van der Waals surface area contributed by atoms with E-state index in [1.807, 2.05) is 18.9 Å². The Morgan fingerprint density at radius 2 is 2.05 bits per heavy atom. The number of hydrogen-bond donors (Lipinski definition) is 1. The number of carbonyl (C=O) groups is 1. The van der Waals surface area contributed by atoms with Crippen molar-refractivity contribution in [2.45, 2.75) is 25.6 Å². The van der Waals surface area contributed by atoms with E-state index >= 15 is 0 Å². The highest BCUT2D eigenvalue weighted by Gasteiger charge is 2.28. The lowest BCUT2D eigenvalue weighted by Gasteiger charge is -2.37. The number of carbonyl (C=O) groups excluding carboxylic acids is 1. The molecular weight excluding hydrogens is 295 g/mol. The van der Waals surface area contributed by atoms with E-state index in [1.54, 1.807) is 12.1 Å². The summed E-state index contributed by atoms with van der Waals surface area (Å²) in [6.45, 7) is 3.76. The zero-order valence-corrected chi connectivity index (χ0v) is 13.2. The van der Waals surface area contributed by atoms with Crippen LogP contribution in [-0.4, -0.2) is 43.6 Å². The molecule has 1 saturated heterocycles. The van der Waals surface area contributed by atoms with Crippen LogP contribution in [0.3, 0.4) is 0 Å².